The number of non-ortho nitro benzene ring substituents is 1. The van der Waals surface area contributed by atoms with Gasteiger partial charge in [-0.25, -0.2) is 9.67 Å². The van der Waals surface area contributed by atoms with Gasteiger partial charge in [0.25, 0.3) is 11.2 Å². The molecule has 0 aliphatic rings. The summed E-state index contributed by atoms with van der Waals surface area (Å²) in [7, 11) is 0. The topological polar surface area (TPSA) is 95.8 Å². The number of fused-ring (bicyclic) bond motifs is 1. The average Bonchev–Trinajstić information content (AvgIpc) is 3.08. The van der Waals surface area contributed by atoms with Crippen molar-refractivity contribution in [2.24, 2.45) is 0 Å². The molecule has 8 nitrogen and oxygen atoms in total. The zero-order chi connectivity index (χ0) is 19.8. The first-order valence-corrected chi connectivity index (χ1v) is 8.67. The number of nitro benzene ring substituents is 1. The average molecular weight is 375 g/mol. The number of rotatable bonds is 4. The van der Waals surface area contributed by atoms with Crippen molar-refractivity contribution in [3.8, 4) is 5.69 Å². The highest BCUT2D eigenvalue weighted by atomic mass is 16.6. The molecule has 0 spiro atoms. The normalized spacial score (nSPS) is 11.1. The molecule has 140 valence electrons. The van der Waals surface area contributed by atoms with Gasteiger partial charge in [-0.3, -0.25) is 19.5 Å². The van der Waals surface area contributed by atoms with Gasteiger partial charge in [-0.05, 0) is 42.7 Å². The first-order chi connectivity index (χ1) is 13.4. The fourth-order valence-corrected chi connectivity index (χ4v) is 3.24. The second-order valence-electron chi connectivity index (χ2n) is 6.74. The van der Waals surface area contributed by atoms with Gasteiger partial charge in [-0.2, -0.15) is 5.10 Å². The van der Waals surface area contributed by atoms with Crippen LogP contribution in [0.1, 0.15) is 16.7 Å². The van der Waals surface area contributed by atoms with Crippen molar-refractivity contribution in [2.75, 3.05) is 0 Å². The Morgan fingerprint density at radius 3 is 2.39 bits per heavy atom. The molecule has 0 saturated carbocycles. The van der Waals surface area contributed by atoms with E-state index in [2.05, 4.69) is 16.1 Å². The fraction of sp³-hybridized carbons (Fsp3) is 0.150. The maximum Gasteiger partial charge on any atom is 0.269 e. The van der Waals surface area contributed by atoms with Crippen LogP contribution in [0.25, 0.3) is 16.7 Å². The summed E-state index contributed by atoms with van der Waals surface area (Å²) in [6.45, 7) is 4.29. The Kier molecular flexibility index (Phi) is 4.23. The highest BCUT2D eigenvalue weighted by Gasteiger charge is 2.13. The molecule has 0 N–H and O–H groups in total. The van der Waals surface area contributed by atoms with Gasteiger partial charge in [0.2, 0.25) is 0 Å². The summed E-state index contributed by atoms with van der Waals surface area (Å²) in [5.74, 6) is 0. The van der Waals surface area contributed by atoms with Crippen LogP contribution < -0.4 is 5.56 Å². The molecule has 2 heterocycles. The molecule has 0 fully saturated rings. The molecule has 28 heavy (non-hydrogen) atoms. The summed E-state index contributed by atoms with van der Waals surface area (Å²) in [6, 6.07) is 12.2. The van der Waals surface area contributed by atoms with E-state index in [-0.39, 0.29) is 17.8 Å². The zero-order valence-corrected chi connectivity index (χ0v) is 15.4. The second-order valence-corrected chi connectivity index (χ2v) is 6.74. The van der Waals surface area contributed by atoms with E-state index in [9.17, 15) is 14.9 Å². The van der Waals surface area contributed by atoms with Gasteiger partial charge in [0, 0.05) is 12.1 Å². The largest absolute Gasteiger partial charge is 0.294 e. The molecule has 8 heteroatoms. The van der Waals surface area contributed by atoms with Crippen LogP contribution in [0.5, 0.6) is 0 Å². The van der Waals surface area contributed by atoms with Crippen molar-refractivity contribution < 1.29 is 4.92 Å². The molecule has 2 aromatic carbocycles. The molecule has 4 rings (SSSR count). The monoisotopic (exact) mass is 375 g/mol. The Labute approximate surface area is 159 Å². The lowest BCUT2D eigenvalue weighted by atomic mass is 10.1. The van der Waals surface area contributed by atoms with E-state index in [1.54, 1.807) is 16.8 Å². The van der Waals surface area contributed by atoms with Crippen LogP contribution in [0.3, 0.4) is 0 Å². The van der Waals surface area contributed by atoms with Crippen molar-refractivity contribution in [3.63, 3.8) is 0 Å². The third kappa shape index (κ3) is 3.16. The molecule has 0 unspecified atom stereocenters. The van der Waals surface area contributed by atoms with Crippen LogP contribution in [0, 0.1) is 24.0 Å². The van der Waals surface area contributed by atoms with E-state index < -0.39 is 4.92 Å². The van der Waals surface area contributed by atoms with Crippen molar-refractivity contribution in [2.45, 2.75) is 20.4 Å². The predicted molar refractivity (Wildman–Crippen MR) is 105 cm³/mol. The minimum Gasteiger partial charge on any atom is -0.294 e. The summed E-state index contributed by atoms with van der Waals surface area (Å²) in [5.41, 5.74) is 4.13. The Balaban J connectivity index is 1.72. The zero-order valence-electron chi connectivity index (χ0n) is 15.4. The van der Waals surface area contributed by atoms with Crippen LogP contribution >= 0.6 is 0 Å². The van der Waals surface area contributed by atoms with Crippen LogP contribution in [-0.4, -0.2) is 24.3 Å². The van der Waals surface area contributed by atoms with Gasteiger partial charge >= 0.3 is 0 Å². The van der Waals surface area contributed by atoms with Gasteiger partial charge in [0.1, 0.15) is 11.7 Å². The van der Waals surface area contributed by atoms with Crippen molar-refractivity contribution in [1.29, 1.82) is 0 Å². The quantitative estimate of drug-likeness (QED) is 0.403. The Bertz CT molecular complexity index is 1240. The van der Waals surface area contributed by atoms with Gasteiger partial charge in [0.05, 0.1) is 23.4 Å². The van der Waals surface area contributed by atoms with Crippen LogP contribution in [0.15, 0.2) is 59.8 Å². The number of hydrogen-bond donors (Lipinski definition) is 0. The van der Waals surface area contributed by atoms with Gasteiger partial charge < -0.3 is 0 Å². The van der Waals surface area contributed by atoms with Crippen LogP contribution in [-0.2, 0) is 6.54 Å². The molecule has 0 bridgehead atoms. The van der Waals surface area contributed by atoms with E-state index in [4.69, 9.17) is 0 Å². The van der Waals surface area contributed by atoms with Gasteiger partial charge in [-0.1, -0.05) is 18.2 Å². The van der Waals surface area contributed by atoms with E-state index in [1.807, 2.05) is 26.0 Å². The van der Waals surface area contributed by atoms with Gasteiger partial charge in [0.15, 0.2) is 5.65 Å². The molecule has 4 aromatic rings. The summed E-state index contributed by atoms with van der Waals surface area (Å²) in [6.07, 6.45) is 3.00. The van der Waals surface area contributed by atoms with E-state index in [0.29, 0.717) is 11.0 Å². The second kappa shape index (κ2) is 6.73. The lowest BCUT2D eigenvalue weighted by molar-refractivity contribution is -0.384. The Hall–Kier alpha value is -3.81. The number of aromatic nitrogens is 4. The van der Waals surface area contributed by atoms with E-state index in [1.165, 1.54) is 29.2 Å². The highest BCUT2D eigenvalue weighted by molar-refractivity contribution is 5.75. The summed E-state index contributed by atoms with van der Waals surface area (Å²) in [4.78, 5) is 27.6. The summed E-state index contributed by atoms with van der Waals surface area (Å²) < 4.78 is 3.13. The van der Waals surface area contributed by atoms with E-state index in [0.717, 1.165) is 22.4 Å². The Morgan fingerprint density at radius 2 is 1.75 bits per heavy atom. The SMILES string of the molecule is Cc1cc(C)cc(-n2ncc3c(=O)n(Cc4ccc([N+](=O)[O-])cc4)cnc32)c1. The molecule has 2 aromatic heterocycles. The number of benzene rings is 2. The maximum absolute atomic E-state index is 12.8. The van der Waals surface area contributed by atoms with Gasteiger partial charge in [-0.15, -0.1) is 0 Å². The standard InChI is InChI=1S/C20H17N5O3/c1-13-7-14(2)9-17(8-13)24-19-18(10-22-24)20(26)23(12-21-19)11-15-3-5-16(6-4-15)25(27)28/h3-10,12H,11H2,1-2H3. The maximum atomic E-state index is 12.8. The highest BCUT2D eigenvalue weighted by Crippen LogP contribution is 2.17. The lowest BCUT2D eigenvalue weighted by Crippen LogP contribution is -2.21. The lowest BCUT2D eigenvalue weighted by Gasteiger charge is -2.08. The summed E-state index contributed by atoms with van der Waals surface area (Å²) >= 11 is 0. The molecular weight excluding hydrogens is 358 g/mol. The Morgan fingerprint density at radius 1 is 1.07 bits per heavy atom. The van der Waals surface area contributed by atoms with Crippen molar-refractivity contribution in [1.82, 2.24) is 19.3 Å². The van der Waals surface area contributed by atoms with Crippen molar-refractivity contribution >= 4 is 16.7 Å². The molecule has 0 aliphatic carbocycles. The third-order valence-corrected chi connectivity index (χ3v) is 4.51. The molecule has 0 amide bonds. The predicted octanol–water partition coefficient (Wildman–Crippen LogP) is 3.16. The van der Waals surface area contributed by atoms with Crippen LogP contribution in [0.4, 0.5) is 5.69 Å². The molecule has 0 atom stereocenters. The third-order valence-electron chi connectivity index (χ3n) is 4.51. The first kappa shape index (κ1) is 17.6. The number of hydrogen-bond acceptors (Lipinski definition) is 5. The number of aryl methyl sites for hydroxylation is 2. The smallest absolute Gasteiger partial charge is 0.269 e. The van der Waals surface area contributed by atoms with E-state index >= 15 is 0 Å². The molecule has 0 aliphatic heterocycles. The minimum absolute atomic E-state index is 0.0133. The van der Waals surface area contributed by atoms with Crippen LogP contribution in [0.2, 0.25) is 0 Å². The molecular formula is C20H17N5O3. The van der Waals surface area contributed by atoms with Crippen molar-refractivity contribution in [3.05, 3.63) is 92.1 Å². The molecule has 0 saturated heterocycles. The first-order valence-electron chi connectivity index (χ1n) is 8.67. The summed E-state index contributed by atoms with van der Waals surface area (Å²) in [5, 5.41) is 15.5. The fourth-order valence-electron chi connectivity index (χ4n) is 3.24. The number of nitro groups is 1. The number of nitrogens with zero attached hydrogens (tertiary/aromatic N) is 5. The minimum atomic E-state index is -0.453. The molecule has 0 radical (unpaired) electrons.